The number of guanidine groups is 1. The van der Waals surface area contributed by atoms with Crippen LogP contribution >= 0.6 is 47.1 Å². The Labute approximate surface area is 180 Å². The first kappa shape index (κ1) is 21.5. The Kier molecular flexibility index (Phi) is 8.68. The van der Waals surface area contributed by atoms with Gasteiger partial charge in [-0.05, 0) is 43.9 Å². The Bertz CT molecular complexity index is 700. The molecule has 1 saturated carbocycles. The van der Waals surface area contributed by atoms with Gasteiger partial charge in [0.15, 0.2) is 11.8 Å². The molecule has 0 aromatic carbocycles. The number of rotatable bonds is 6. The van der Waals surface area contributed by atoms with Crippen LogP contribution in [0.1, 0.15) is 35.8 Å². The molecular weight excluding hydrogens is 479 g/mol. The number of aryl methyl sites for hydroxylation is 1. The molecule has 144 valence electrons. The fraction of sp³-hybridized carbons (Fsp3) is 0.588. The maximum Gasteiger partial charge on any atom is 0.192 e. The molecule has 9 heteroatoms. The molecule has 2 aromatic heterocycles. The highest BCUT2D eigenvalue weighted by Crippen LogP contribution is 2.28. The van der Waals surface area contributed by atoms with E-state index in [1.54, 1.807) is 11.3 Å². The zero-order chi connectivity index (χ0) is 17.6. The SMILES string of the molecule is CSC1CCC(NC(=NCc2nnc(C)n2C)NCc2cccs2)C1.I. The summed E-state index contributed by atoms with van der Waals surface area (Å²) in [6.07, 6.45) is 5.88. The molecule has 1 fully saturated rings. The van der Waals surface area contributed by atoms with Crippen LogP contribution in [0.25, 0.3) is 0 Å². The molecule has 26 heavy (non-hydrogen) atoms. The summed E-state index contributed by atoms with van der Waals surface area (Å²) in [6, 6.07) is 4.71. The van der Waals surface area contributed by atoms with Crippen LogP contribution in [0.3, 0.4) is 0 Å². The van der Waals surface area contributed by atoms with Crippen molar-refractivity contribution in [2.75, 3.05) is 6.26 Å². The van der Waals surface area contributed by atoms with Gasteiger partial charge in [-0.25, -0.2) is 4.99 Å². The van der Waals surface area contributed by atoms with Crippen molar-refractivity contribution < 1.29 is 0 Å². The molecule has 1 aliphatic rings. The normalized spacial score (nSPS) is 20.0. The number of halogens is 1. The average Bonchev–Trinajstić information content (AvgIpc) is 3.35. The van der Waals surface area contributed by atoms with Crippen LogP contribution in [0.4, 0.5) is 0 Å². The molecule has 0 radical (unpaired) electrons. The van der Waals surface area contributed by atoms with Gasteiger partial charge >= 0.3 is 0 Å². The zero-order valence-electron chi connectivity index (χ0n) is 15.4. The van der Waals surface area contributed by atoms with E-state index in [0.717, 1.165) is 29.4 Å². The minimum atomic E-state index is 0. The van der Waals surface area contributed by atoms with E-state index in [0.29, 0.717) is 12.6 Å². The van der Waals surface area contributed by atoms with Crippen molar-refractivity contribution in [3.63, 3.8) is 0 Å². The maximum absolute atomic E-state index is 4.75. The molecule has 1 aliphatic carbocycles. The summed E-state index contributed by atoms with van der Waals surface area (Å²) in [4.78, 5) is 6.05. The largest absolute Gasteiger partial charge is 0.354 e. The molecule has 0 saturated heterocycles. The summed E-state index contributed by atoms with van der Waals surface area (Å²) in [5.74, 6) is 2.65. The lowest BCUT2D eigenvalue weighted by atomic mass is 10.2. The molecule has 2 heterocycles. The lowest BCUT2D eigenvalue weighted by molar-refractivity contribution is 0.611. The highest BCUT2D eigenvalue weighted by Gasteiger charge is 2.24. The quantitative estimate of drug-likeness (QED) is 0.358. The first-order valence-corrected chi connectivity index (χ1v) is 10.8. The molecule has 2 aromatic rings. The van der Waals surface area contributed by atoms with Gasteiger partial charge in [0.1, 0.15) is 12.4 Å². The van der Waals surface area contributed by atoms with Crippen LogP contribution in [-0.4, -0.2) is 38.3 Å². The highest BCUT2D eigenvalue weighted by atomic mass is 127. The molecule has 0 bridgehead atoms. The summed E-state index contributed by atoms with van der Waals surface area (Å²) in [5, 5.41) is 18.2. The molecule has 0 amide bonds. The van der Waals surface area contributed by atoms with E-state index >= 15 is 0 Å². The van der Waals surface area contributed by atoms with Crippen molar-refractivity contribution >= 4 is 53.0 Å². The van der Waals surface area contributed by atoms with Gasteiger partial charge in [-0.15, -0.1) is 45.5 Å². The van der Waals surface area contributed by atoms with Gasteiger partial charge in [-0.1, -0.05) is 6.07 Å². The third-order valence-electron chi connectivity index (χ3n) is 4.63. The second-order valence-corrected chi connectivity index (χ2v) is 8.50. The van der Waals surface area contributed by atoms with Crippen molar-refractivity contribution in [2.45, 2.75) is 50.6 Å². The first-order chi connectivity index (χ1) is 12.2. The summed E-state index contributed by atoms with van der Waals surface area (Å²) in [5.41, 5.74) is 0. The van der Waals surface area contributed by atoms with Gasteiger partial charge in [0, 0.05) is 23.2 Å². The molecule has 0 spiro atoms. The van der Waals surface area contributed by atoms with E-state index in [1.807, 2.05) is 30.3 Å². The van der Waals surface area contributed by atoms with Gasteiger partial charge in [0.25, 0.3) is 0 Å². The molecule has 3 rings (SSSR count). The van der Waals surface area contributed by atoms with Gasteiger partial charge in [0.2, 0.25) is 0 Å². The number of hydrogen-bond acceptors (Lipinski definition) is 5. The third kappa shape index (κ3) is 5.85. The Hall–Kier alpha value is -0.810. The Balaban J connectivity index is 0.00000243. The summed E-state index contributed by atoms with van der Waals surface area (Å²) >= 11 is 3.73. The number of thiophene rings is 1. The number of thioether (sulfide) groups is 1. The Morgan fingerprint density at radius 2 is 2.27 bits per heavy atom. The Morgan fingerprint density at radius 1 is 1.42 bits per heavy atom. The van der Waals surface area contributed by atoms with Crippen LogP contribution in [0.5, 0.6) is 0 Å². The number of nitrogens with one attached hydrogen (secondary N) is 2. The van der Waals surface area contributed by atoms with Gasteiger partial charge in [-0.2, -0.15) is 11.8 Å². The standard InChI is InChI=1S/C17H26N6S2.HI/c1-12-21-22-16(23(12)2)11-19-17(18-10-15-5-4-8-25-15)20-13-6-7-14(9-13)24-3;/h4-5,8,13-14H,6-7,9-11H2,1-3H3,(H2,18,19,20);1H. The van der Waals surface area contributed by atoms with Crippen molar-refractivity contribution in [3.8, 4) is 0 Å². The molecule has 2 atom stereocenters. The van der Waals surface area contributed by atoms with E-state index in [9.17, 15) is 0 Å². The average molecular weight is 506 g/mol. The zero-order valence-corrected chi connectivity index (χ0v) is 19.4. The van der Waals surface area contributed by atoms with E-state index in [4.69, 9.17) is 4.99 Å². The van der Waals surface area contributed by atoms with Crippen LogP contribution < -0.4 is 10.6 Å². The summed E-state index contributed by atoms with van der Waals surface area (Å²) < 4.78 is 1.99. The predicted octanol–water partition coefficient (Wildman–Crippen LogP) is 3.32. The third-order valence-corrected chi connectivity index (χ3v) is 6.60. The topological polar surface area (TPSA) is 67.1 Å². The first-order valence-electron chi connectivity index (χ1n) is 8.60. The van der Waals surface area contributed by atoms with Crippen molar-refractivity contribution in [1.29, 1.82) is 0 Å². The molecule has 2 unspecified atom stereocenters. The molecule has 0 aliphatic heterocycles. The van der Waals surface area contributed by atoms with E-state index in [-0.39, 0.29) is 24.0 Å². The summed E-state index contributed by atoms with van der Waals surface area (Å²) in [7, 11) is 1.98. The second-order valence-electron chi connectivity index (χ2n) is 6.33. The fourth-order valence-corrected chi connectivity index (χ4v) is 4.39. The van der Waals surface area contributed by atoms with Crippen LogP contribution in [-0.2, 0) is 20.1 Å². The number of aliphatic imine (C=N–C) groups is 1. The van der Waals surface area contributed by atoms with Crippen LogP contribution in [0.15, 0.2) is 22.5 Å². The monoisotopic (exact) mass is 506 g/mol. The number of hydrogen-bond donors (Lipinski definition) is 2. The van der Waals surface area contributed by atoms with Crippen LogP contribution in [0.2, 0.25) is 0 Å². The molecular formula is C17H27IN6S2. The number of nitrogens with zero attached hydrogens (tertiary/aromatic N) is 4. The summed E-state index contributed by atoms with van der Waals surface area (Å²) in [6.45, 7) is 3.27. The maximum atomic E-state index is 4.75. The molecule has 2 N–H and O–H groups in total. The smallest absolute Gasteiger partial charge is 0.192 e. The van der Waals surface area contributed by atoms with Gasteiger partial charge in [-0.3, -0.25) is 0 Å². The van der Waals surface area contributed by atoms with E-state index in [2.05, 4.69) is 44.6 Å². The van der Waals surface area contributed by atoms with E-state index < -0.39 is 0 Å². The Morgan fingerprint density at radius 3 is 2.88 bits per heavy atom. The van der Waals surface area contributed by atoms with E-state index in [1.165, 1.54) is 24.1 Å². The number of aromatic nitrogens is 3. The second kappa shape index (κ2) is 10.5. The van der Waals surface area contributed by atoms with Gasteiger partial charge < -0.3 is 15.2 Å². The predicted molar refractivity (Wildman–Crippen MR) is 122 cm³/mol. The lowest BCUT2D eigenvalue weighted by Crippen LogP contribution is -2.42. The lowest BCUT2D eigenvalue weighted by Gasteiger charge is -2.17. The van der Waals surface area contributed by atoms with Crippen molar-refractivity contribution in [3.05, 3.63) is 34.0 Å². The minimum Gasteiger partial charge on any atom is -0.354 e. The fourth-order valence-electron chi connectivity index (χ4n) is 2.95. The minimum absolute atomic E-state index is 0. The van der Waals surface area contributed by atoms with Crippen LogP contribution in [0, 0.1) is 6.92 Å². The van der Waals surface area contributed by atoms with Crippen molar-refractivity contribution in [1.82, 2.24) is 25.4 Å². The van der Waals surface area contributed by atoms with Gasteiger partial charge in [0.05, 0.1) is 6.54 Å². The van der Waals surface area contributed by atoms with Crippen molar-refractivity contribution in [2.24, 2.45) is 12.0 Å². The molecule has 6 nitrogen and oxygen atoms in total. The highest BCUT2D eigenvalue weighted by molar-refractivity contribution is 14.0.